The molecule has 9 nitrogen and oxygen atoms in total. The van der Waals surface area contributed by atoms with Crippen molar-refractivity contribution >= 4 is 20.4 Å². The Labute approximate surface area is 286 Å². The highest BCUT2D eigenvalue weighted by Crippen LogP contribution is 2.68. The van der Waals surface area contributed by atoms with E-state index in [4.69, 9.17) is 32.1 Å². The van der Waals surface area contributed by atoms with Crippen LogP contribution in [0.4, 0.5) is 0 Å². The smallest absolute Gasteiger partial charge is 0.390 e. The van der Waals surface area contributed by atoms with Crippen LogP contribution in [-0.2, 0) is 24.3 Å². The van der Waals surface area contributed by atoms with E-state index in [-0.39, 0.29) is 24.6 Å². The summed E-state index contributed by atoms with van der Waals surface area (Å²) in [6, 6.07) is 23.0. The minimum Gasteiger partial charge on any atom is -0.465 e. The van der Waals surface area contributed by atoms with E-state index >= 15 is 0 Å². The summed E-state index contributed by atoms with van der Waals surface area (Å²) in [5.41, 5.74) is 0. The van der Waals surface area contributed by atoms with Crippen LogP contribution in [-0.4, -0.2) is 56.5 Å². The molecule has 11 heteroatoms. The molecule has 3 aromatic carbocycles. The molecular weight excluding hydrogens is 653 g/mol. The van der Waals surface area contributed by atoms with Crippen molar-refractivity contribution in [3.8, 4) is 17.2 Å². The maximum atomic E-state index is 13.8. The molecule has 0 aliphatic carbocycles. The number of hydrogen-bond acceptors (Lipinski definition) is 8. The summed E-state index contributed by atoms with van der Waals surface area (Å²) in [6.45, 7) is 4.03. The first-order valence-electron chi connectivity index (χ1n) is 17.4. The fourth-order valence-electron chi connectivity index (χ4n) is 6.08. The van der Waals surface area contributed by atoms with Crippen LogP contribution in [0.25, 0.3) is 0 Å². The van der Waals surface area contributed by atoms with Crippen molar-refractivity contribution in [3.63, 3.8) is 0 Å². The first-order chi connectivity index (χ1) is 23.4. The maximum Gasteiger partial charge on any atom is 0.390 e. The lowest BCUT2D eigenvalue weighted by molar-refractivity contribution is -0.106. The van der Waals surface area contributed by atoms with Crippen LogP contribution in [0.2, 0.25) is 0 Å². The molecule has 3 unspecified atom stereocenters. The zero-order valence-corrected chi connectivity index (χ0v) is 29.4. The van der Waals surface area contributed by atoms with Crippen LogP contribution in [0.3, 0.4) is 0 Å². The fourth-order valence-corrected chi connectivity index (χ4v) is 11.8. The molecule has 0 spiro atoms. The Morgan fingerprint density at radius 1 is 0.583 bits per heavy atom. The summed E-state index contributed by atoms with van der Waals surface area (Å²) in [7, 11) is -6.53. The molecule has 0 bridgehead atoms. The molecule has 3 aromatic rings. The standard InChI is InChI=1S/C37H48O9S2/c1-2-3-28-47(38,39)46-48(32-19-13-29(14-20-32)43-35-10-4-7-25-40-35,33-21-15-30(16-22-33)44-36-11-5-8-26-41-36)34-23-17-31(18-24-34)45-37-12-6-9-27-42-37/h13-24,35-37H,2-12,25-28H2,1H3/p+1. The topological polar surface area (TPSA) is 102 Å². The molecule has 0 radical (unpaired) electrons. The van der Waals surface area contributed by atoms with E-state index in [9.17, 15) is 8.42 Å². The van der Waals surface area contributed by atoms with Gasteiger partial charge in [-0.2, -0.15) is 8.42 Å². The first kappa shape index (κ1) is 35.0. The van der Waals surface area contributed by atoms with Gasteiger partial charge >= 0.3 is 10.1 Å². The van der Waals surface area contributed by atoms with Crippen molar-refractivity contribution in [2.24, 2.45) is 0 Å². The quantitative estimate of drug-likeness (QED) is 0.121. The van der Waals surface area contributed by atoms with Gasteiger partial charge in [0.05, 0.1) is 44.8 Å². The Balaban J connectivity index is 1.39. The number of unbranched alkanes of at least 4 members (excludes halogenated alkanes) is 1. The summed E-state index contributed by atoms with van der Waals surface area (Å²) in [4.78, 5) is 2.31. The largest absolute Gasteiger partial charge is 0.465 e. The minimum absolute atomic E-state index is 0.0289. The lowest BCUT2D eigenvalue weighted by atomic mass is 10.2. The van der Waals surface area contributed by atoms with E-state index < -0.39 is 20.4 Å². The summed E-state index contributed by atoms with van der Waals surface area (Å²) in [5.74, 6) is 1.97. The number of benzene rings is 3. The molecule has 3 saturated heterocycles. The average Bonchev–Trinajstić information content (AvgIpc) is 3.12. The Bertz CT molecular complexity index is 1360. The zero-order chi connectivity index (χ0) is 33.2. The predicted octanol–water partition coefficient (Wildman–Crippen LogP) is 8.82. The lowest BCUT2D eigenvalue weighted by Crippen LogP contribution is -2.25. The van der Waals surface area contributed by atoms with E-state index in [0.29, 0.717) is 43.5 Å². The summed E-state index contributed by atoms with van der Waals surface area (Å²) < 4.78 is 68.4. The highest BCUT2D eigenvalue weighted by molar-refractivity contribution is 8.32. The molecular formula is C37H49O9S2+. The van der Waals surface area contributed by atoms with Gasteiger partial charge in [0.25, 0.3) is 0 Å². The summed E-state index contributed by atoms with van der Waals surface area (Å²) in [6.07, 6.45) is 9.20. The van der Waals surface area contributed by atoms with E-state index in [1.54, 1.807) is 0 Å². The van der Waals surface area contributed by atoms with Crippen LogP contribution < -0.4 is 14.2 Å². The van der Waals surface area contributed by atoms with Gasteiger partial charge in [0, 0.05) is 19.3 Å². The molecule has 0 aromatic heterocycles. The normalized spacial score (nSPS) is 23.8. The van der Waals surface area contributed by atoms with Crippen molar-refractivity contribution in [2.75, 3.05) is 25.6 Å². The lowest BCUT2D eigenvalue weighted by Gasteiger charge is -2.35. The van der Waals surface area contributed by atoms with Gasteiger partial charge in [-0.1, -0.05) is 13.3 Å². The van der Waals surface area contributed by atoms with Crippen molar-refractivity contribution in [2.45, 2.75) is 111 Å². The van der Waals surface area contributed by atoms with Gasteiger partial charge in [-0.15, -0.1) is 0 Å². The molecule has 3 heterocycles. The van der Waals surface area contributed by atoms with Gasteiger partial charge in [0.1, 0.15) is 23.0 Å². The molecule has 262 valence electrons. The van der Waals surface area contributed by atoms with Gasteiger partial charge < -0.3 is 28.4 Å². The summed E-state index contributed by atoms with van der Waals surface area (Å²) in [5, 5.41) is 0. The van der Waals surface area contributed by atoms with Crippen molar-refractivity contribution in [1.82, 2.24) is 0 Å². The number of rotatable bonds is 14. The molecule has 3 atom stereocenters. The van der Waals surface area contributed by atoms with E-state index in [1.807, 2.05) is 79.7 Å². The number of ether oxygens (including phenoxy) is 6. The maximum absolute atomic E-state index is 13.8. The molecule has 0 amide bonds. The number of hydrogen-bond donors (Lipinski definition) is 0. The SMILES string of the molecule is CCCCS(=O)(=O)[OH+]S(c1ccc(OC2CCCCO2)cc1)(c1ccc(OC2CCCCO2)cc1)c1ccc(OC2CCCCO2)cc1. The Hall–Kier alpha value is -2.80. The van der Waals surface area contributed by atoms with Crippen LogP contribution >= 0.6 is 10.3 Å². The van der Waals surface area contributed by atoms with Crippen LogP contribution in [0.1, 0.15) is 77.6 Å². The van der Waals surface area contributed by atoms with E-state index in [1.165, 1.54) is 0 Å². The molecule has 3 fully saturated rings. The van der Waals surface area contributed by atoms with E-state index in [0.717, 1.165) is 78.9 Å². The van der Waals surface area contributed by atoms with Crippen LogP contribution in [0, 0.1) is 0 Å². The molecule has 48 heavy (non-hydrogen) atoms. The first-order valence-corrected chi connectivity index (χ1v) is 20.6. The van der Waals surface area contributed by atoms with Crippen molar-refractivity contribution in [3.05, 3.63) is 72.8 Å². The Kier molecular flexibility index (Phi) is 12.2. The fraction of sp³-hybridized carbons (Fsp3) is 0.514. The second-order valence-electron chi connectivity index (χ2n) is 12.5. The van der Waals surface area contributed by atoms with Gasteiger partial charge in [-0.25, -0.2) is 0 Å². The van der Waals surface area contributed by atoms with Crippen LogP contribution in [0.15, 0.2) is 87.5 Å². The van der Waals surface area contributed by atoms with Gasteiger partial charge in [0.2, 0.25) is 0 Å². The van der Waals surface area contributed by atoms with E-state index in [2.05, 4.69) is 0 Å². The molecule has 6 rings (SSSR count). The second-order valence-corrected chi connectivity index (χ2v) is 17.2. The van der Waals surface area contributed by atoms with Crippen molar-refractivity contribution < 1.29 is 40.5 Å². The third-order valence-corrected chi connectivity index (χ3v) is 14.2. The summed E-state index contributed by atoms with van der Waals surface area (Å²) >= 11 is 0. The van der Waals surface area contributed by atoms with Gasteiger partial charge in [0.15, 0.2) is 18.9 Å². The third-order valence-electron chi connectivity index (χ3n) is 8.69. The molecule has 1 N–H and O–H groups in total. The monoisotopic (exact) mass is 701 g/mol. The average molecular weight is 702 g/mol. The Morgan fingerprint density at radius 3 is 1.23 bits per heavy atom. The van der Waals surface area contributed by atoms with Gasteiger partial charge in [-0.05, 0) is 118 Å². The third kappa shape index (κ3) is 9.05. The zero-order valence-electron chi connectivity index (χ0n) is 27.8. The molecule has 0 saturated carbocycles. The Morgan fingerprint density at radius 2 is 0.938 bits per heavy atom. The highest BCUT2D eigenvalue weighted by Gasteiger charge is 2.43. The second kappa shape index (κ2) is 16.7. The van der Waals surface area contributed by atoms with Gasteiger partial charge in [-0.3, -0.25) is 3.63 Å². The molecule has 3 aliphatic heterocycles. The molecule has 3 aliphatic rings. The van der Waals surface area contributed by atoms with Crippen LogP contribution in [0.5, 0.6) is 17.2 Å². The van der Waals surface area contributed by atoms with Crippen molar-refractivity contribution in [1.29, 1.82) is 0 Å². The highest BCUT2D eigenvalue weighted by atomic mass is 32.3. The minimum atomic E-state index is -3.84. The predicted molar refractivity (Wildman–Crippen MR) is 186 cm³/mol.